The van der Waals surface area contributed by atoms with E-state index in [1.54, 1.807) is 6.33 Å². The second-order valence-corrected chi connectivity index (χ2v) is 7.95. The van der Waals surface area contributed by atoms with Crippen LogP contribution < -0.4 is 5.32 Å². The van der Waals surface area contributed by atoms with E-state index in [-0.39, 0.29) is 0 Å². The summed E-state index contributed by atoms with van der Waals surface area (Å²) in [5.74, 6) is 1.71. The lowest BCUT2D eigenvalue weighted by molar-refractivity contribution is 0.883. The lowest BCUT2D eigenvalue weighted by Gasteiger charge is -2.09. The highest BCUT2D eigenvalue weighted by molar-refractivity contribution is 5.92. The van der Waals surface area contributed by atoms with Crippen LogP contribution in [0.25, 0.3) is 38.9 Å². The number of anilines is 1. The summed E-state index contributed by atoms with van der Waals surface area (Å²) in [4.78, 5) is 13.7. The van der Waals surface area contributed by atoms with Gasteiger partial charge in [-0.1, -0.05) is 36.4 Å². The van der Waals surface area contributed by atoms with Gasteiger partial charge >= 0.3 is 0 Å². The van der Waals surface area contributed by atoms with Crippen LogP contribution in [0.15, 0.2) is 79.4 Å². The van der Waals surface area contributed by atoms with E-state index in [2.05, 4.69) is 74.5 Å². The van der Waals surface area contributed by atoms with Gasteiger partial charge in [0.2, 0.25) is 0 Å². The molecule has 1 aliphatic rings. The Morgan fingerprint density at radius 3 is 2.60 bits per heavy atom. The first-order valence-corrected chi connectivity index (χ1v) is 10.4. The van der Waals surface area contributed by atoms with E-state index in [1.165, 1.54) is 12.8 Å². The fourth-order valence-electron chi connectivity index (χ4n) is 3.85. The monoisotopic (exact) mass is 391 g/mol. The predicted octanol–water partition coefficient (Wildman–Crippen LogP) is 5.43. The number of hydrogen-bond acceptors (Lipinski definition) is 4. The molecule has 0 spiro atoms. The smallest absolute Gasteiger partial charge is 0.137 e. The van der Waals surface area contributed by atoms with Crippen LogP contribution in [0.1, 0.15) is 12.8 Å². The zero-order chi connectivity index (χ0) is 19.9. The van der Waals surface area contributed by atoms with Crippen LogP contribution in [0.3, 0.4) is 0 Å². The quantitative estimate of drug-likeness (QED) is 0.434. The van der Waals surface area contributed by atoms with Crippen LogP contribution in [0.5, 0.6) is 0 Å². The third kappa shape index (κ3) is 3.18. The van der Waals surface area contributed by atoms with E-state index in [0.29, 0.717) is 0 Å². The Kier molecular flexibility index (Phi) is 3.98. The van der Waals surface area contributed by atoms with Crippen molar-refractivity contribution in [1.29, 1.82) is 0 Å². The van der Waals surface area contributed by atoms with E-state index in [1.807, 2.05) is 18.2 Å². The molecule has 3 aromatic heterocycles. The third-order valence-electron chi connectivity index (χ3n) is 5.74. The highest BCUT2D eigenvalue weighted by Gasteiger charge is 2.21. The van der Waals surface area contributed by atoms with Gasteiger partial charge in [-0.25, -0.2) is 15.0 Å². The zero-order valence-corrected chi connectivity index (χ0v) is 16.5. The highest BCUT2D eigenvalue weighted by Crippen LogP contribution is 2.31. The van der Waals surface area contributed by atoms with Crippen molar-refractivity contribution in [2.75, 3.05) is 11.9 Å². The van der Waals surface area contributed by atoms with Crippen molar-refractivity contribution in [2.45, 2.75) is 12.8 Å². The molecule has 5 nitrogen and oxygen atoms in total. The average molecular weight is 391 g/mol. The number of nitrogens with zero attached hydrogens (tertiary/aromatic N) is 4. The molecule has 2 aromatic carbocycles. The molecule has 1 fully saturated rings. The van der Waals surface area contributed by atoms with Crippen LogP contribution >= 0.6 is 0 Å². The van der Waals surface area contributed by atoms with Crippen LogP contribution in [0, 0.1) is 5.92 Å². The molecule has 6 rings (SSSR count). The number of benzene rings is 2. The zero-order valence-electron chi connectivity index (χ0n) is 16.5. The van der Waals surface area contributed by atoms with Gasteiger partial charge in [0.15, 0.2) is 0 Å². The number of aromatic nitrogens is 4. The first-order valence-electron chi connectivity index (χ1n) is 10.4. The molecule has 1 N–H and O–H groups in total. The van der Waals surface area contributed by atoms with Crippen molar-refractivity contribution in [1.82, 2.24) is 19.4 Å². The van der Waals surface area contributed by atoms with Crippen LogP contribution in [-0.2, 0) is 0 Å². The summed E-state index contributed by atoms with van der Waals surface area (Å²) in [6, 6.07) is 20.8. The first kappa shape index (κ1) is 17.2. The number of fused-ring (bicyclic) bond motifs is 2. The molecule has 3 heterocycles. The largest absolute Gasteiger partial charge is 0.369 e. The minimum absolute atomic E-state index is 0.792. The number of rotatable bonds is 5. The minimum atomic E-state index is 0.792. The minimum Gasteiger partial charge on any atom is -0.369 e. The first-order chi connectivity index (χ1) is 14.8. The molecule has 5 heteroatoms. The summed E-state index contributed by atoms with van der Waals surface area (Å²) in [7, 11) is 0. The second kappa shape index (κ2) is 6.95. The normalized spacial score (nSPS) is 13.7. The maximum atomic E-state index is 4.76. The second-order valence-electron chi connectivity index (χ2n) is 7.95. The van der Waals surface area contributed by atoms with Crippen LogP contribution in [0.2, 0.25) is 0 Å². The molecule has 1 saturated carbocycles. The molecule has 146 valence electrons. The van der Waals surface area contributed by atoms with Gasteiger partial charge in [-0.3, -0.25) is 0 Å². The van der Waals surface area contributed by atoms with Gasteiger partial charge < -0.3 is 9.72 Å². The van der Waals surface area contributed by atoms with Crippen molar-refractivity contribution in [3.63, 3.8) is 0 Å². The van der Waals surface area contributed by atoms with E-state index < -0.39 is 0 Å². The molecule has 0 bridgehead atoms. The average Bonchev–Trinajstić information content (AvgIpc) is 3.53. The molecule has 0 unspecified atom stereocenters. The van der Waals surface area contributed by atoms with E-state index >= 15 is 0 Å². The van der Waals surface area contributed by atoms with Gasteiger partial charge in [0.25, 0.3) is 0 Å². The molecule has 5 aromatic rings. The predicted molar refractivity (Wildman–Crippen MR) is 120 cm³/mol. The molecule has 1 aliphatic carbocycles. The van der Waals surface area contributed by atoms with Crippen molar-refractivity contribution in [3.8, 4) is 22.4 Å². The number of pyridine rings is 1. The summed E-state index contributed by atoms with van der Waals surface area (Å²) < 4.78 is 2.09. The Balaban J connectivity index is 1.39. The lowest BCUT2D eigenvalue weighted by Crippen LogP contribution is -2.05. The SMILES string of the molecule is c1ccc(-c2cn3cc(-c4ccc5ncnc(NCC6CC6)c5c4)ccc3n2)cc1. The molecule has 0 saturated heterocycles. The van der Waals surface area contributed by atoms with Gasteiger partial charge in [0, 0.05) is 29.9 Å². The summed E-state index contributed by atoms with van der Waals surface area (Å²) in [5.41, 5.74) is 6.28. The number of imidazole rings is 1. The Bertz CT molecular complexity index is 1350. The van der Waals surface area contributed by atoms with E-state index in [9.17, 15) is 0 Å². The van der Waals surface area contributed by atoms with E-state index in [4.69, 9.17) is 4.98 Å². The maximum Gasteiger partial charge on any atom is 0.137 e. The molecular formula is C25H21N5. The van der Waals surface area contributed by atoms with E-state index in [0.717, 1.165) is 57.2 Å². The van der Waals surface area contributed by atoms with Crippen molar-refractivity contribution < 1.29 is 0 Å². The van der Waals surface area contributed by atoms with Crippen LogP contribution in [-0.4, -0.2) is 25.9 Å². The number of nitrogens with one attached hydrogen (secondary N) is 1. The van der Waals surface area contributed by atoms with Crippen LogP contribution in [0.4, 0.5) is 5.82 Å². The van der Waals surface area contributed by atoms with Crippen molar-refractivity contribution >= 4 is 22.4 Å². The summed E-state index contributed by atoms with van der Waals surface area (Å²) in [6.07, 6.45) is 8.49. The Morgan fingerprint density at radius 2 is 1.73 bits per heavy atom. The Hall–Kier alpha value is -3.73. The molecule has 0 aliphatic heterocycles. The van der Waals surface area contributed by atoms with Crippen molar-refractivity contribution in [3.05, 3.63) is 79.4 Å². The topological polar surface area (TPSA) is 55.1 Å². The number of hydrogen-bond donors (Lipinski definition) is 1. The molecule has 0 amide bonds. The van der Waals surface area contributed by atoms with Gasteiger partial charge in [-0.05, 0) is 54.2 Å². The fourth-order valence-corrected chi connectivity index (χ4v) is 3.85. The summed E-state index contributed by atoms with van der Waals surface area (Å²) in [6.45, 7) is 0.986. The van der Waals surface area contributed by atoms with Gasteiger partial charge in [-0.15, -0.1) is 0 Å². The maximum absolute atomic E-state index is 4.76. The standard InChI is InChI=1S/C25H21N5/c1-2-4-18(5-3-1)23-15-30-14-20(9-11-24(30)29-23)19-8-10-22-21(12-19)25(28-16-27-22)26-13-17-6-7-17/h1-5,8-12,14-17H,6-7,13H2,(H,26,27,28). The molecule has 30 heavy (non-hydrogen) atoms. The summed E-state index contributed by atoms with van der Waals surface area (Å²) >= 11 is 0. The highest BCUT2D eigenvalue weighted by atomic mass is 15.0. The fraction of sp³-hybridized carbons (Fsp3) is 0.160. The van der Waals surface area contributed by atoms with Gasteiger partial charge in [-0.2, -0.15) is 0 Å². The molecule has 0 radical (unpaired) electrons. The molecular weight excluding hydrogens is 370 g/mol. The molecule has 0 atom stereocenters. The van der Waals surface area contributed by atoms with Crippen molar-refractivity contribution in [2.24, 2.45) is 5.92 Å². The summed E-state index contributed by atoms with van der Waals surface area (Å²) in [5, 5.41) is 4.57. The van der Waals surface area contributed by atoms with Gasteiger partial charge in [0.1, 0.15) is 17.8 Å². The lowest BCUT2D eigenvalue weighted by atomic mass is 10.1. The Morgan fingerprint density at radius 1 is 0.867 bits per heavy atom. The van der Waals surface area contributed by atoms with Gasteiger partial charge in [0.05, 0.1) is 11.2 Å². The Labute approximate surface area is 174 Å². The third-order valence-corrected chi connectivity index (χ3v) is 5.74.